The van der Waals surface area contributed by atoms with Crippen molar-refractivity contribution in [3.8, 4) is 0 Å². The van der Waals surface area contributed by atoms with E-state index in [9.17, 15) is 17.6 Å². The molecule has 0 unspecified atom stereocenters. The highest BCUT2D eigenvalue weighted by Crippen LogP contribution is 2.38. The summed E-state index contributed by atoms with van der Waals surface area (Å²) in [6.45, 7) is 0. The van der Waals surface area contributed by atoms with Crippen molar-refractivity contribution in [1.82, 2.24) is 9.97 Å². The van der Waals surface area contributed by atoms with Crippen LogP contribution in [-0.4, -0.2) is 9.97 Å². The molecule has 0 atom stereocenters. The molecule has 0 saturated carbocycles. The van der Waals surface area contributed by atoms with E-state index in [1.165, 1.54) is 28.2 Å². The minimum absolute atomic E-state index is 0.119. The van der Waals surface area contributed by atoms with Crippen LogP contribution in [0.1, 0.15) is 5.56 Å². The molecular formula is C15H7BrClF4N3. The molecule has 1 aromatic heterocycles. The highest BCUT2D eigenvalue weighted by molar-refractivity contribution is 9.10. The van der Waals surface area contributed by atoms with Gasteiger partial charge in [-0.3, -0.25) is 3.93 Å². The second-order valence-corrected chi connectivity index (χ2v) is 5.89. The van der Waals surface area contributed by atoms with Crippen molar-refractivity contribution in [2.45, 2.75) is 6.18 Å². The maximum absolute atomic E-state index is 13.3. The van der Waals surface area contributed by atoms with Crippen LogP contribution in [0.3, 0.4) is 0 Å². The van der Waals surface area contributed by atoms with Crippen molar-refractivity contribution < 1.29 is 17.6 Å². The van der Waals surface area contributed by atoms with E-state index in [2.05, 4.69) is 26.1 Å². The lowest BCUT2D eigenvalue weighted by molar-refractivity contribution is -0.136. The number of fused-ring (bicyclic) bond motifs is 1. The number of hydrogen-bond donors (Lipinski definition) is 0. The Balaban J connectivity index is 2.18. The van der Waals surface area contributed by atoms with Crippen LogP contribution in [-0.2, 0) is 6.18 Å². The SMILES string of the molecule is Fc1ccc(N(Br)c2ncnc3c(C(F)(F)F)cccc23)cc1Cl. The summed E-state index contributed by atoms with van der Waals surface area (Å²) in [5.74, 6) is -0.429. The number of halogens is 6. The van der Waals surface area contributed by atoms with E-state index in [1.807, 2.05) is 0 Å². The van der Waals surface area contributed by atoms with Gasteiger partial charge in [0.25, 0.3) is 0 Å². The molecule has 0 amide bonds. The number of aromatic nitrogens is 2. The van der Waals surface area contributed by atoms with Crippen LogP contribution < -0.4 is 3.93 Å². The van der Waals surface area contributed by atoms with Crippen LogP contribution in [0, 0.1) is 5.82 Å². The second-order valence-electron chi connectivity index (χ2n) is 4.78. The van der Waals surface area contributed by atoms with Crippen LogP contribution in [0.5, 0.6) is 0 Å². The van der Waals surface area contributed by atoms with E-state index in [-0.39, 0.29) is 21.7 Å². The van der Waals surface area contributed by atoms with Crippen molar-refractivity contribution in [3.05, 3.63) is 59.1 Å². The molecule has 3 nitrogen and oxygen atoms in total. The van der Waals surface area contributed by atoms with Gasteiger partial charge in [0.1, 0.15) is 12.1 Å². The fourth-order valence-electron chi connectivity index (χ4n) is 2.19. The Morgan fingerprint density at radius 1 is 1.08 bits per heavy atom. The van der Waals surface area contributed by atoms with Crippen molar-refractivity contribution in [3.63, 3.8) is 0 Å². The average Bonchev–Trinajstić information content (AvgIpc) is 2.54. The third-order valence-electron chi connectivity index (χ3n) is 3.27. The summed E-state index contributed by atoms with van der Waals surface area (Å²) >= 11 is 8.97. The Morgan fingerprint density at radius 2 is 1.83 bits per heavy atom. The molecule has 9 heteroatoms. The van der Waals surface area contributed by atoms with Crippen LogP contribution in [0.25, 0.3) is 10.9 Å². The fraction of sp³-hybridized carbons (Fsp3) is 0.0667. The van der Waals surface area contributed by atoms with Crippen LogP contribution >= 0.6 is 27.7 Å². The van der Waals surface area contributed by atoms with Crippen molar-refractivity contribution in [2.24, 2.45) is 0 Å². The highest BCUT2D eigenvalue weighted by atomic mass is 79.9. The molecule has 124 valence electrons. The predicted octanol–water partition coefficient (Wildman–Crippen LogP) is 5.89. The molecule has 0 fully saturated rings. The molecule has 0 aliphatic heterocycles. The Morgan fingerprint density at radius 3 is 2.50 bits per heavy atom. The van der Waals surface area contributed by atoms with Gasteiger partial charge in [-0.25, -0.2) is 14.4 Å². The first-order chi connectivity index (χ1) is 11.3. The molecule has 3 rings (SSSR count). The Hall–Kier alpha value is -1.93. The maximum atomic E-state index is 13.3. The molecule has 2 aromatic carbocycles. The van der Waals surface area contributed by atoms with Crippen molar-refractivity contribution in [1.29, 1.82) is 0 Å². The highest BCUT2D eigenvalue weighted by Gasteiger charge is 2.33. The molecule has 0 aliphatic carbocycles. The minimum Gasteiger partial charge on any atom is -0.260 e. The quantitative estimate of drug-likeness (QED) is 0.382. The van der Waals surface area contributed by atoms with Gasteiger partial charge in [0.05, 0.1) is 37.9 Å². The van der Waals surface area contributed by atoms with Gasteiger partial charge < -0.3 is 0 Å². The summed E-state index contributed by atoms with van der Waals surface area (Å²) in [5.41, 5.74) is -0.687. The third kappa shape index (κ3) is 3.03. The molecule has 0 bridgehead atoms. The Kier molecular flexibility index (Phi) is 4.35. The normalized spacial score (nSPS) is 11.8. The molecular weight excluding hydrogens is 414 g/mol. The van der Waals surface area contributed by atoms with Gasteiger partial charge in [0.15, 0.2) is 5.82 Å². The number of para-hydroxylation sites is 1. The Bertz CT molecular complexity index is 917. The molecule has 0 N–H and O–H groups in total. The van der Waals surface area contributed by atoms with E-state index in [4.69, 9.17) is 11.6 Å². The first-order valence-electron chi connectivity index (χ1n) is 6.51. The van der Waals surface area contributed by atoms with E-state index in [0.29, 0.717) is 5.69 Å². The molecule has 1 heterocycles. The van der Waals surface area contributed by atoms with Gasteiger partial charge >= 0.3 is 6.18 Å². The van der Waals surface area contributed by atoms with E-state index in [1.54, 1.807) is 0 Å². The molecule has 24 heavy (non-hydrogen) atoms. The lowest BCUT2D eigenvalue weighted by atomic mass is 10.1. The zero-order valence-electron chi connectivity index (χ0n) is 11.7. The van der Waals surface area contributed by atoms with Crippen LogP contribution in [0.4, 0.5) is 29.1 Å². The van der Waals surface area contributed by atoms with E-state index in [0.717, 1.165) is 18.5 Å². The molecule has 0 radical (unpaired) electrons. The lowest BCUT2D eigenvalue weighted by Crippen LogP contribution is -2.09. The van der Waals surface area contributed by atoms with Crippen molar-refractivity contribution in [2.75, 3.05) is 3.93 Å². The lowest BCUT2D eigenvalue weighted by Gasteiger charge is -2.18. The smallest absolute Gasteiger partial charge is 0.260 e. The molecule has 0 aliphatic rings. The zero-order valence-corrected chi connectivity index (χ0v) is 14.0. The van der Waals surface area contributed by atoms with Gasteiger partial charge in [-0.15, -0.1) is 0 Å². The zero-order chi connectivity index (χ0) is 17.5. The molecule has 0 saturated heterocycles. The first-order valence-corrected chi connectivity index (χ1v) is 7.59. The maximum Gasteiger partial charge on any atom is 0.418 e. The van der Waals surface area contributed by atoms with Gasteiger partial charge in [0.2, 0.25) is 0 Å². The van der Waals surface area contributed by atoms with Gasteiger partial charge in [-0.2, -0.15) is 13.2 Å². The standard InChI is InChI=1S/C15H7BrClF4N3/c16-24(8-4-5-12(18)11(17)6-8)14-9-2-1-3-10(15(19,20)21)13(9)22-7-23-14/h1-7H. The molecule has 0 spiro atoms. The van der Waals surface area contributed by atoms with E-state index >= 15 is 0 Å². The Labute approximate surface area is 147 Å². The number of anilines is 2. The topological polar surface area (TPSA) is 29.0 Å². The summed E-state index contributed by atoms with van der Waals surface area (Å²) in [5, 5.41) is 0.0657. The number of nitrogens with zero attached hydrogens (tertiary/aromatic N) is 3. The number of hydrogen-bond acceptors (Lipinski definition) is 3. The number of rotatable bonds is 2. The number of benzene rings is 2. The fourth-order valence-corrected chi connectivity index (χ4v) is 2.87. The van der Waals surface area contributed by atoms with Crippen LogP contribution in [0.2, 0.25) is 5.02 Å². The van der Waals surface area contributed by atoms with Crippen molar-refractivity contribution >= 4 is 50.2 Å². The number of alkyl halides is 3. The van der Waals surface area contributed by atoms with Crippen LogP contribution in [0.15, 0.2) is 42.7 Å². The summed E-state index contributed by atoms with van der Waals surface area (Å²) in [7, 11) is 0. The summed E-state index contributed by atoms with van der Waals surface area (Å²) in [6.07, 6.45) is -3.51. The third-order valence-corrected chi connectivity index (χ3v) is 4.30. The van der Waals surface area contributed by atoms with Gasteiger partial charge in [-0.05, 0) is 30.3 Å². The van der Waals surface area contributed by atoms with Gasteiger partial charge in [0, 0.05) is 5.39 Å². The second kappa shape index (κ2) is 6.18. The minimum atomic E-state index is -4.54. The summed E-state index contributed by atoms with van der Waals surface area (Å²) < 4.78 is 54.0. The summed E-state index contributed by atoms with van der Waals surface area (Å²) in [4.78, 5) is 7.77. The largest absolute Gasteiger partial charge is 0.418 e. The first kappa shape index (κ1) is 16.9. The summed E-state index contributed by atoms with van der Waals surface area (Å²) in [6, 6.07) is 7.59. The predicted molar refractivity (Wildman–Crippen MR) is 87.0 cm³/mol. The van der Waals surface area contributed by atoms with Gasteiger partial charge in [-0.1, -0.05) is 17.7 Å². The van der Waals surface area contributed by atoms with E-state index < -0.39 is 17.6 Å². The average molecular weight is 421 g/mol. The monoisotopic (exact) mass is 419 g/mol. The molecule has 3 aromatic rings.